The molecule has 0 bridgehead atoms. The topological polar surface area (TPSA) is 93.2 Å². The fraction of sp³-hybridized carbons (Fsp3) is 0.333. The van der Waals surface area contributed by atoms with E-state index >= 15 is 0 Å². The lowest BCUT2D eigenvalue weighted by molar-refractivity contribution is -0.122. The van der Waals surface area contributed by atoms with Gasteiger partial charge in [-0.05, 0) is 24.8 Å². The zero-order chi connectivity index (χ0) is 20.8. The van der Waals surface area contributed by atoms with Crippen LogP contribution in [0.5, 0.6) is 5.88 Å². The third kappa shape index (κ3) is 5.51. The van der Waals surface area contributed by atoms with Crippen LogP contribution in [-0.2, 0) is 4.79 Å². The maximum atomic E-state index is 12.1. The van der Waals surface area contributed by atoms with Crippen molar-refractivity contribution < 1.29 is 14.3 Å². The predicted molar refractivity (Wildman–Crippen MR) is 114 cm³/mol. The molecule has 0 aliphatic heterocycles. The monoisotopic (exact) mass is 412 g/mol. The summed E-state index contributed by atoms with van der Waals surface area (Å²) in [6.07, 6.45) is 2.25. The molecule has 0 aliphatic rings. The van der Waals surface area contributed by atoms with Crippen LogP contribution in [0.25, 0.3) is 21.3 Å². The number of fused-ring (bicyclic) bond motifs is 1. The van der Waals surface area contributed by atoms with Crippen LogP contribution in [0.3, 0.4) is 0 Å². The Hall–Kier alpha value is -3.00. The molecule has 29 heavy (non-hydrogen) atoms. The van der Waals surface area contributed by atoms with Gasteiger partial charge in [-0.15, -0.1) is 11.3 Å². The number of hydrogen-bond acceptors (Lipinski definition) is 6. The number of ether oxygens (including phenoxy) is 1. The van der Waals surface area contributed by atoms with Gasteiger partial charge >= 0.3 is 6.03 Å². The number of carbonyl (C=O) groups excluding carboxylic acids is 2. The highest BCUT2D eigenvalue weighted by Gasteiger charge is 2.16. The molecule has 0 radical (unpaired) electrons. The second-order valence-electron chi connectivity index (χ2n) is 7.15. The van der Waals surface area contributed by atoms with Crippen LogP contribution in [0.4, 0.5) is 4.79 Å². The Balaban J connectivity index is 1.67. The van der Waals surface area contributed by atoms with E-state index in [1.807, 2.05) is 36.6 Å². The summed E-state index contributed by atoms with van der Waals surface area (Å²) in [4.78, 5) is 33.1. The van der Waals surface area contributed by atoms with E-state index in [0.29, 0.717) is 18.3 Å². The summed E-state index contributed by atoms with van der Waals surface area (Å²) in [6, 6.07) is 7.61. The SMILES string of the molecule is Cc1ccc(-c2csc3ncnc(OCC(=O)NC(=O)NCCC(C)C)c23)cc1. The minimum absolute atomic E-state index is 0.313. The Bertz CT molecular complexity index is 999. The number of hydrogen-bond donors (Lipinski definition) is 2. The zero-order valence-electron chi connectivity index (χ0n) is 16.7. The van der Waals surface area contributed by atoms with E-state index in [9.17, 15) is 9.59 Å². The van der Waals surface area contributed by atoms with E-state index in [-0.39, 0.29) is 6.61 Å². The van der Waals surface area contributed by atoms with E-state index in [2.05, 4.69) is 34.4 Å². The number of aryl methyl sites for hydroxylation is 1. The lowest BCUT2D eigenvalue weighted by Crippen LogP contribution is -2.42. The van der Waals surface area contributed by atoms with Gasteiger partial charge in [0.05, 0.1) is 5.39 Å². The number of nitrogens with one attached hydrogen (secondary N) is 2. The maximum absolute atomic E-state index is 12.1. The Morgan fingerprint density at radius 3 is 2.66 bits per heavy atom. The molecule has 0 unspecified atom stereocenters. The first kappa shape index (κ1) is 20.7. The average molecular weight is 413 g/mol. The van der Waals surface area contributed by atoms with Gasteiger partial charge in [0.15, 0.2) is 6.61 Å². The fourth-order valence-corrected chi connectivity index (χ4v) is 3.62. The molecule has 7 nitrogen and oxygen atoms in total. The molecule has 0 saturated heterocycles. The first-order valence-corrected chi connectivity index (χ1v) is 10.3. The summed E-state index contributed by atoms with van der Waals surface area (Å²) >= 11 is 1.49. The zero-order valence-corrected chi connectivity index (χ0v) is 17.5. The van der Waals surface area contributed by atoms with Crippen molar-refractivity contribution in [1.29, 1.82) is 0 Å². The number of aromatic nitrogens is 2. The van der Waals surface area contributed by atoms with Crippen molar-refractivity contribution in [1.82, 2.24) is 20.6 Å². The van der Waals surface area contributed by atoms with Crippen molar-refractivity contribution in [3.05, 3.63) is 41.5 Å². The first-order valence-electron chi connectivity index (χ1n) is 9.43. The van der Waals surface area contributed by atoms with Gasteiger partial charge in [0.2, 0.25) is 5.88 Å². The molecule has 3 rings (SSSR count). The van der Waals surface area contributed by atoms with Gasteiger partial charge in [0.25, 0.3) is 5.91 Å². The van der Waals surface area contributed by atoms with Crippen molar-refractivity contribution in [3.63, 3.8) is 0 Å². The number of thiophene rings is 1. The molecule has 8 heteroatoms. The highest BCUT2D eigenvalue weighted by Crippen LogP contribution is 2.37. The first-order chi connectivity index (χ1) is 13.9. The van der Waals surface area contributed by atoms with E-state index in [0.717, 1.165) is 27.8 Å². The lowest BCUT2D eigenvalue weighted by Gasteiger charge is -2.10. The van der Waals surface area contributed by atoms with Crippen LogP contribution in [0, 0.1) is 12.8 Å². The third-order valence-electron chi connectivity index (χ3n) is 4.30. The molecule has 1 aromatic carbocycles. The summed E-state index contributed by atoms with van der Waals surface area (Å²) in [5.74, 6) is 0.260. The molecule has 152 valence electrons. The Morgan fingerprint density at radius 1 is 1.17 bits per heavy atom. The Morgan fingerprint density at radius 2 is 1.93 bits per heavy atom. The van der Waals surface area contributed by atoms with Gasteiger partial charge in [-0.2, -0.15) is 0 Å². The quantitative estimate of drug-likeness (QED) is 0.614. The third-order valence-corrected chi connectivity index (χ3v) is 5.18. The van der Waals surface area contributed by atoms with E-state index in [4.69, 9.17) is 4.74 Å². The second kappa shape index (κ2) is 9.47. The Labute approximate surface area is 173 Å². The highest BCUT2D eigenvalue weighted by atomic mass is 32.1. The molecular weight excluding hydrogens is 388 g/mol. The normalized spacial score (nSPS) is 10.9. The largest absolute Gasteiger partial charge is 0.467 e. The summed E-state index contributed by atoms with van der Waals surface area (Å²) in [5, 5.41) is 7.68. The molecule has 2 heterocycles. The van der Waals surface area contributed by atoms with E-state index < -0.39 is 11.9 Å². The molecule has 3 amide bonds. The van der Waals surface area contributed by atoms with Crippen LogP contribution in [-0.4, -0.2) is 35.1 Å². The van der Waals surface area contributed by atoms with Crippen molar-refractivity contribution in [2.75, 3.05) is 13.2 Å². The number of rotatable bonds is 7. The van der Waals surface area contributed by atoms with Gasteiger partial charge in [-0.25, -0.2) is 14.8 Å². The van der Waals surface area contributed by atoms with Crippen LogP contribution < -0.4 is 15.4 Å². The van der Waals surface area contributed by atoms with Crippen LogP contribution >= 0.6 is 11.3 Å². The van der Waals surface area contributed by atoms with Gasteiger partial charge < -0.3 is 10.1 Å². The number of nitrogens with zero attached hydrogens (tertiary/aromatic N) is 2. The molecule has 0 aliphatic carbocycles. The highest BCUT2D eigenvalue weighted by molar-refractivity contribution is 7.17. The average Bonchev–Trinajstić information content (AvgIpc) is 3.11. The number of imide groups is 1. The van der Waals surface area contributed by atoms with E-state index in [1.165, 1.54) is 23.2 Å². The predicted octanol–water partition coefficient (Wildman–Crippen LogP) is 3.92. The summed E-state index contributed by atoms with van der Waals surface area (Å²) < 4.78 is 5.63. The van der Waals surface area contributed by atoms with Crippen LogP contribution in [0.1, 0.15) is 25.8 Å². The number of urea groups is 1. The van der Waals surface area contributed by atoms with Gasteiger partial charge in [0.1, 0.15) is 11.2 Å². The number of amides is 3. The fourth-order valence-electron chi connectivity index (χ4n) is 2.72. The van der Waals surface area contributed by atoms with Gasteiger partial charge in [-0.1, -0.05) is 43.7 Å². The van der Waals surface area contributed by atoms with Gasteiger partial charge in [0, 0.05) is 17.5 Å². The lowest BCUT2D eigenvalue weighted by atomic mass is 10.0. The molecule has 2 aromatic heterocycles. The summed E-state index contributed by atoms with van der Waals surface area (Å²) in [5.41, 5.74) is 3.15. The minimum atomic E-state index is -0.536. The summed E-state index contributed by atoms with van der Waals surface area (Å²) in [7, 11) is 0. The van der Waals surface area contributed by atoms with Crippen LogP contribution in [0.2, 0.25) is 0 Å². The maximum Gasteiger partial charge on any atom is 0.321 e. The molecule has 3 aromatic rings. The van der Waals surface area contributed by atoms with Crippen molar-refractivity contribution in [2.24, 2.45) is 5.92 Å². The number of carbonyl (C=O) groups is 2. The minimum Gasteiger partial charge on any atom is -0.467 e. The van der Waals surface area contributed by atoms with Crippen molar-refractivity contribution in [3.8, 4) is 17.0 Å². The second-order valence-corrected chi connectivity index (χ2v) is 8.01. The molecule has 0 fully saturated rings. The Kier molecular flexibility index (Phi) is 6.77. The molecule has 0 atom stereocenters. The number of benzene rings is 1. The van der Waals surface area contributed by atoms with Crippen LogP contribution in [0.15, 0.2) is 36.0 Å². The summed E-state index contributed by atoms with van der Waals surface area (Å²) in [6.45, 7) is 6.36. The van der Waals surface area contributed by atoms with Gasteiger partial charge in [-0.3, -0.25) is 10.1 Å². The smallest absolute Gasteiger partial charge is 0.321 e. The standard InChI is InChI=1S/C21H24N4O3S/c1-13(2)8-9-22-21(27)25-17(26)10-28-19-18-16(11-29-20(18)24-12-23-19)15-6-4-14(3)5-7-15/h4-7,11-13H,8-10H2,1-3H3,(H2,22,25,26,27). The molecular formula is C21H24N4O3S. The van der Waals surface area contributed by atoms with Crippen molar-refractivity contribution >= 4 is 33.5 Å². The van der Waals surface area contributed by atoms with E-state index in [1.54, 1.807) is 0 Å². The molecule has 0 saturated carbocycles. The van der Waals surface area contributed by atoms with Crippen molar-refractivity contribution in [2.45, 2.75) is 27.2 Å². The molecule has 0 spiro atoms. The molecule has 2 N–H and O–H groups in total.